The molecule has 0 aromatic heterocycles. The van der Waals surface area contributed by atoms with Gasteiger partial charge in [0.15, 0.2) is 6.61 Å². The molecule has 3 aromatic carbocycles. The van der Waals surface area contributed by atoms with E-state index in [0.717, 1.165) is 24.5 Å². The Hall–Kier alpha value is -4.14. The van der Waals surface area contributed by atoms with E-state index in [-0.39, 0.29) is 24.6 Å². The molecule has 2 amide bonds. The Morgan fingerprint density at radius 2 is 1.75 bits per heavy atom. The molecule has 2 unspecified atom stereocenters. The minimum atomic E-state index is -4.57. The number of hydrogen-bond acceptors (Lipinski definition) is 4. The standard InChI is InChI=1S/C31H30F3N3O3/c1-20(31(32,33)34)28(29(39)35-26-9-5-6-23(17-26)16-21-10-11-21)24-14-12-22(13-15-24)18-37-27(38)19-40-30(36-37)25-7-3-2-4-8-25/h2-9,12-15,17,20-21,28H,10-11,16,18-19H2,1H3,(H,35,39). The second-order valence-corrected chi connectivity index (χ2v) is 10.4. The van der Waals surface area contributed by atoms with E-state index in [1.165, 1.54) is 30.0 Å². The lowest BCUT2D eigenvalue weighted by molar-refractivity contribution is -0.178. The number of hydrazone groups is 1. The maximum absolute atomic E-state index is 13.9. The van der Waals surface area contributed by atoms with Gasteiger partial charge in [0, 0.05) is 11.3 Å². The Morgan fingerprint density at radius 1 is 1.02 bits per heavy atom. The molecule has 3 aromatic rings. The molecule has 0 bridgehead atoms. The largest absolute Gasteiger partial charge is 0.466 e. The Morgan fingerprint density at radius 3 is 2.42 bits per heavy atom. The van der Waals surface area contributed by atoms with Crippen LogP contribution in [0.2, 0.25) is 0 Å². The van der Waals surface area contributed by atoms with Crippen molar-refractivity contribution in [3.05, 3.63) is 101 Å². The Balaban J connectivity index is 1.33. The summed E-state index contributed by atoms with van der Waals surface area (Å²) in [6.45, 7) is 0.963. The Labute approximate surface area is 230 Å². The number of carbonyl (C=O) groups is 2. The number of rotatable bonds is 9. The van der Waals surface area contributed by atoms with Crippen LogP contribution in [-0.4, -0.2) is 35.5 Å². The summed E-state index contributed by atoms with van der Waals surface area (Å²) in [6, 6.07) is 22.7. The van der Waals surface area contributed by atoms with Crippen LogP contribution in [0.3, 0.4) is 0 Å². The molecular weight excluding hydrogens is 519 g/mol. The summed E-state index contributed by atoms with van der Waals surface area (Å²) >= 11 is 0. The smallest absolute Gasteiger partial charge is 0.392 e. The zero-order valence-electron chi connectivity index (χ0n) is 22.0. The summed E-state index contributed by atoms with van der Waals surface area (Å²) in [5.74, 6) is -3.46. The molecule has 2 aliphatic rings. The molecule has 0 radical (unpaired) electrons. The monoisotopic (exact) mass is 549 g/mol. The highest BCUT2D eigenvalue weighted by atomic mass is 19.4. The molecule has 40 heavy (non-hydrogen) atoms. The van der Waals surface area contributed by atoms with E-state index >= 15 is 0 Å². The van der Waals surface area contributed by atoms with Gasteiger partial charge in [0.1, 0.15) is 0 Å². The van der Waals surface area contributed by atoms with Crippen LogP contribution < -0.4 is 5.32 Å². The van der Waals surface area contributed by atoms with Crippen molar-refractivity contribution in [1.82, 2.24) is 5.01 Å². The molecular formula is C31H30F3N3O3. The lowest BCUT2D eigenvalue weighted by Gasteiger charge is -2.26. The van der Waals surface area contributed by atoms with Crippen LogP contribution in [0.15, 0.2) is 84.0 Å². The van der Waals surface area contributed by atoms with Gasteiger partial charge in [-0.2, -0.15) is 13.2 Å². The number of anilines is 1. The highest BCUT2D eigenvalue weighted by Crippen LogP contribution is 2.38. The molecule has 0 spiro atoms. The average molecular weight is 550 g/mol. The van der Waals surface area contributed by atoms with Gasteiger partial charge in [-0.05, 0) is 66.1 Å². The van der Waals surface area contributed by atoms with Crippen molar-refractivity contribution in [3.63, 3.8) is 0 Å². The number of nitrogens with zero attached hydrogens (tertiary/aromatic N) is 2. The third-order valence-electron chi connectivity index (χ3n) is 7.24. The quantitative estimate of drug-likeness (QED) is 0.342. The molecule has 6 nitrogen and oxygen atoms in total. The molecule has 208 valence electrons. The number of nitrogens with one attached hydrogen (secondary N) is 1. The minimum Gasteiger partial charge on any atom is -0.466 e. The third kappa shape index (κ3) is 6.70. The maximum Gasteiger partial charge on any atom is 0.392 e. The SMILES string of the molecule is CC(C(C(=O)Nc1cccc(CC2CC2)c1)c1ccc(CN2N=C(c3ccccc3)OCC2=O)cc1)C(F)(F)F. The first-order valence-corrected chi connectivity index (χ1v) is 13.3. The van der Waals surface area contributed by atoms with Crippen LogP contribution in [-0.2, 0) is 27.3 Å². The minimum absolute atomic E-state index is 0.109. The summed E-state index contributed by atoms with van der Waals surface area (Å²) < 4.78 is 47.0. The van der Waals surface area contributed by atoms with Crippen molar-refractivity contribution in [1.29, 1.82) is 0 Å². The average Bonchev–Trinajstić information content (AvgIpc) is 3.75. The zero-order valence-corrected chi connectivity index (χ0v) is 22.0. The van der Waals surface area contributed by atoms with Crippen molar-refractivity contribution in [2.24, 2.45) is 16.9 Å². The fourth-order valence-corrected chi connectivity index (χ4v) is 4.75. The molecule has 9 heteroatoms. The Kier molecular flexibility index (Phi) is 7.91. The van der Waals surface area contributed by atoms with Crippen LogP contribution in [0.5, 0.6) is 0 Å². The summed E-state index contributed by atoms with van der Waals surface area (Å²) in [5, 5.41) is 8.30. The molecule has 1 saturated carbocycles. The van der Waals surface area contributed by atoms with Gasteiger partial charge >= 0.3 is 6.18 Å². The predicted molar refractivity (Wildman–Crippen MR) is 145 cm³/mol. The number of carbonyl (C=O) groups excluding carboxylic acids is 2. The fourth-order valence-electron chi connectivity index (χ4n) is 4.75. The van der Waals surface area contributed by atoms with Gasteiger partial charge < -0.3 is 10.1 Å². The van der Waals surface area contributed by atoms with Crippen molar-refractivity contribution >= 4 is 23.4 Å². The second kappa shape index (κ2) is 11.5. The molecule has 1 aliphatic carbocycles. The first-order chi connectivity index (χ1) is 19.2. The highest BCUT2D eigenvalue weighted by Gasteiger charge is 2.45. The molecule has 1 heterocycles. The van der Waals surface area contributed by atoms with Crippen molar-refractivity contribution in [3.8, 4) is 0 Å². The van der Waals surface area contributed by atoms with E-state index in [4.69, 9.17) is 4.74 Å². The van der Waals surface area contributed by atoms with E-state index in [1.54, 1.807) is 18.2 Å². The van der Waals surface area contributed by atoms with Crippen molar-refractivity contribution < 1.29 is 27.5 Å². The first-order valence-electron chi connectivity index (χ1n) is 13.3. The van der Waals surface area contributed by atoms with E-state index in [1.807, 2.05) is 48.5 Å². The van der Waals surface area contributed by atoms with Gasteiger partial charge in [-0.3, -0.25) is 9.59 Å². The number of ether oxygens (including phenoxy) is 1. The van der Waals surface area contributed by atoms with Crippen LogP contribution in [0.1, 0.15) is 47.9 Å². The molecule has 2 atom stereocenters. The fraction of sp³-hybridized carbons (Fsp3) is 0.323. The summed E-state index contributed by atoms with van der Waals surface area (Å²) in [4.78, 5) is 25.7. The third-order valence-corrected chi connectivity index (χ3v) is 7.24. The first kappa shape index (κ1) is 27.4. The second-order valence-electron chi connectivity index (χ2n) is 10.4. The van der Waals surface area contributed by atoms with Crippen molar-refractivity contribution in [2.45, 2.75) is 44.8 Å². The topological polar surface area (TPSA) is 71.0 Å². The molecule has 0 saturated heterocycles. The Bertz CT molecular complexity index is 1390. The van der Waals surface area contributed by atoms with Gasteiger partial charge in [-0.25, -0.2) is 5.01 Å². The van der Waals surface area contributed by atoms with Gasteiger partial charge in [0.25, 0.3) is 5.91 Å². The summed E-state index contributed by atoms with van der Waals surface area (Å²) in [7, 11) is 0. The van der Waals surface area contributed by atoms with E-state index in [2.05, 4.69) is 10.4 Å². The van der Waals surface area contributed by atoms with Gasteiger partial charge in [-0.15, -0.1) is 5.10 Å². The number of alkyl halides is 3. The van der Waals surface area contributed by atoms with Crippen LogP contribution >= 0.6 is 0 Å². The predicted octanol–water partition coefficient (Wildman–Crippen LogP) is 6.28. The lowest BCUT2D eigenvalue weighted by atomic mass is 9.85. The maximum atomic E-state index is 13.9. The zero-order chi connectivity index (χ0) is 28.3. The number of hydrogen-bond donors (Lipinski definition) is 1. The van der Waals surface area contributed by atoms with Crippen LogP contribution in [0.4, 0.5) is 18.9 Å². The van der Waals surface area contributed by atoms with Crippen LogP contribution in [0, 0.1) is 11.8 Å². The summed E-state index contributed by atoms with van der Waals surface area (Å²) in [5.41, 5.74) is 3.16. The molecule has 5 rings (SSSR count). The summed E-state index contributed by atoms with van der Waals surface area (Å²) in [6.07, 6.45) is -1.32. The number of halogens is 3. The van der Waals surface area contributed by atoms with Gasteiger partial charge in [-0.1, -0.05) is 61.5 Å². The molecule has 1 N–H and O–H groups in total. The van der Waals surface area contributed by atoms with Crippen LogP contribution in [0.25, 0.3) is 0 Å². The van der Waals surface area contributed by atoms with Gasteiger partial charge in [0.2, 0.25) is 11.8 Å². The lowest BCUT2D eigenvalue weighted by Crippen LogP contribution is -2.36. The number of amides is 2. The van der Waals surface area contributed by atoms with E-state index < -0.39 is 23.9 Å². The van der Waals surface area contributed by atoms with E-state index in [9.17, 15) is 22.8 Å². The van der Waals surface area contributed by atoms with E-state index in [0.29, 0.717) is 23.1 Å². The number of benzene rings is 3. The normalized spacial score (nSPS) is 17.1. The molecule has 1 aliphatic heterocycles. The molecule has 1 fully saturated rings. The van der Waals surface area contributed by atoms with Gasteiger partial charge in [0.05, 0.1) is 18.4 Å². The van der Waals surface area contributed by atoms with Crippen molar-refractivity contribution in [2.75, 3.05) is 11.9 Å². The highest BCUT2D eigenvalue weighted by molar-refractivity contribution is 5.98.